The Labute approximate surface area is 96.4 Å². The molecule has 0 heterocycles. The molecule has 1 atom stereocenters. The number of rotatable bonds is 4. The van der Waals surface area contributed by atoms with Gasteiger partial charge in [0.15, 0.2) is 0 Å². The zero-order valence-electron chi connectivity index (χ0n) is 10.2. The number of benzene rings is 1. The van der Waals surface area contributed by atoms with Gasteiger partial charge in [-0.05, 0) is 38.0 Å². The lowest BCUT2D eigenvalue weighted by Gasteiger charge is -2.13. The lowest BCUT2D eigenvalue weighted by atomic mass is 9.99. The van der Waals surface area contributed by atoms with E-state index in [1.807, 2.05) is 32.0 Å². The molecule has 0 saturated heterocycles. The van der Waals surface area contributed by atoms with Crippen LogP contribution in [0.2, 0.25) is 0 Å². The van der Waals surface area contributed by atoms with E-state index >= 15 is 0 Å². The second kappa shape index (κ2) is 5.54. The van der Waals surface area contributed by atoms with Crippen molar-refractivity contribution in [1.82, 2.24) is 0 Å². The van der Waals surface area contributed by atoms with Crippen molar-refractivity contribution in [3.05, 3.63) is 29.3 Å². The molecule has 0 aliphatic heterocycles. The fourth-order valence-corrected chi connectivity index (χ4v) is 1.51. The van der Waals surface area contributed by atoms with Crippen molar-refractivity contribution < 1.29 is 14.3 Å². The summed E-state index contributed by atoms with van der Waals surface area (Å²) in [6.07, 6.45) is 0. The molecule has 1 rings (SSSR count). The molecule has 88 valence electrons. The van der Waals surface area contributed by atoms with Gasteiger partial charge in [0.05, 0.1) is 19.6 Å². The Morgan fingerprint density at radius 2 is 2.12 bits per heavy atom. The van der Waals surface area contributed by atoms with Gasteiger partial charge in [0, 0.05) is 0 Å². The first-order chi connectivity index (χ1) is 7.60. The van der Waals surface area contributed by atoms with Gasteiger partial charge in [0.2, 0.25) is 0 Å². The number of hydrogen-bond donors (Lipinski definition) is 0. The number of carbonyl (C=O) groups is 1. The van der Waals surface area contributed by atoms with E-state index in [2.05, 4.69) is 0 Å². The Hall–Kier alpha value is -1.51. The van der Waals surface area contributed by atoms with Crippen LogP contribution in [0.1, 0.15) is 30.9 Å². The maximum Gasteiger partial charge on any atom is 0.313 e. The molecular formula is C13H18O3. The summed E-state index contributed by atoms with van der Waals surface area (Å²) in [5, 5.41) is 0. The minimum atomic E-state index is -0.255. The van der Waals surface area contributed by atoms with E-state index in [9.17, 15) is 4.79 Å². The Balaban J connectivity index is 2.91. The topological polar surface area (TPSA) is 35.5 Å². The van der Waals surface area contributed by atoms with Gasteiger partial charge in [-0.3, -0.25) is 4.79 Å². The summed E-state index contributed by atoms with van der Waals surface area (Å²) < 4.78 is 10.2. The van der Waals surface area contributed by atoms with Gasteiger partial charge < -0.3 is 9.47 Å². The Bertz CT molecular complexity index is 371. The fourth-order valence-electron chi connectivity index (χ4n) is 1.51. The van der Waals surface area contributed by atoms with Crippen LogP contribution < -0.4 is 4.74 Å². The molecule has 1 aromatic rings. The Kier molecular flexibility index (Phi) is 4.35. The number of aryl methyl sites for hydroxylation is 1. The van der Waals surface area contributed by atoms with Crippen molar-refractivity contribution in [1.29, 1.82) is 0 Å². The molecule has 3 nitrogen and oxygen atoms in total. The molecule has 0 amide bonds. The molecule has 3 heteroatoms. The average molecular weight is 222 g/mol. The van der Waals surface area contributed by atoms with E-state index in [-0.39, 0.29) is 11.9 Å². The second-order valence-electron chi connectivity index (χ2n) is 3.70. The van der Waals surface area contributed by atoms with Gasteiger partial charge in [0.1, 0.15) is 5.75 Å². The van der Waals surface area contributed by atoms with Crippen molar-refractivity contribution in [2.75, 3.05) is 13.7 Å². The molecule has 0 bridgehead atoms. The van der Waals surface area contributed by atoms with Crippen LogP contribution in [0.15, 0.2) is 18.2 Å². The summed E-state index contributed by atoms with van der Waals surface area (Å²) >= 11 is 0. The van der Waals surface area contributed by atoms with Crippen LogP contribution in [0.4, 0.5) is 0 Å². The smallest absolute Gasteiger partial charge is 0.313 e. The Morgan fingerprint density at radius 1 is 1.44 bits per heavy atom. The third kappa shape index (κ3) is 2.75. The standard InChI is InChI=1S/C13H18O3/c1-5-16-13(14)10(3)11-7-6-9(2)12(8-11)15-4/h6-8,10H,5H2,1-4H3. The lowest BCUT2D eigenvalue weighted by Crippen LogP contribution is -2.13. The monoisotopic (exact) mass is 222 g/mol. The van der Waals surface area contributed by atoms with Crippen molar-refractivity contribution in [2.45, 2.75) is 26.7 Å². The highest BCUT2D eigenvalue weighted by Gasteiger charge is 2.17. The zero-order valence-corrected chi connectivity index (χ0v) is 10.2. The summed E-state index contributed by atoms with van der Waals surface area (Å²) in [7, 11) is 1.63. The molecule has 0 aliphatic carbocycles. The quantitative estimate of drug-likeness (QED) is 0.735. The van der Waals surface area contributed by atoms with Crippen LogP contribution in [0.3, 0.4) is 0 Å². The predicted octanol–water partition coefficient (Wildman–Crippen LogP) is 2.67. The van der Waals surface area contributed by atoms with Gasteiger partial charge in [-0.1, -0.05) is 12.1 Å². The summed E-state index contributed by atoms with van der Waals surface area (Å²) in [5.74, 6) is 0.344. The first-order valence-corrected chi connectivity index (χ1v) is 5.41. The molecule has 0 N–H and O–H groups in total. The van der Waals surface area contributed by atoms with E-state index in [0.29, 0.717) is 6.61 Å². The van der Waals surface area contributed by atoms with Crippen LogP contribution in [-0.2, 0) is 9.53 Å². The number of carbonyl (C=O) groups excluding carboxylic acids is 1. The van der Waals surface area contributed by atoms with Crippen LogP contribution in [0.25, 0.3) is 0 Å². The number of esters is 1. The van der Waals surface area contributed by atoms with Crippen LogP contribution in [0.5, 0.6) is 5.75 Å². The maximum absolute atomic E-state index is 11.6. The Morgan fingerprint density at radius 3 is 2.69 bits per heavy atom. The highest BCUT2D eigenvalue weighted by molar-refractivity contribution is 5.77. The van der Waals surface area contributed by atoms with Gasteiger partial charge in [-0.2, -0.15) is 0 Å². The molecule has 0 aliphatic rings. The maximum atomic E-state index is 11.6. The lowest BCUT2D eigenvalue weighted by molar-refractivity contribution is -0.144. The van der Waals surface area contributed by atoms with Crippen LogP contribution in [0, 0.1) is 6.92 Å². The van der Waals surface area contributed by atoms with Crippen molar-refractivity contribution in [3.63, 3.8) is 0 Å². The van der Waals surface area contributed by atoms with Crippen LogP contribution >= 0.6 is 0 Å². The fraction of sp³-hybridized carbons (Fsp3) is 0.462. The SMILES string of the molecule is CCOC(=O)C(C)c1ccc(C)c(OC)c1. The molecule has 16 heavy (non-hydrogen) atoms. The third-order valence-electron chi connectivity index (χ3n) is 2.57. The molecule has 0 radical (unpaired) electrons. The van der Waals surface area contributed by atoms with Crippen LogP contribution in [-0.4, -0.2) is 19.7 Å². The summed E-state index contributed by atoms with van der Waals surface area (Å²) in [6, 6.07) is 5.76. The normalized spacial score (nSPS) is 12.0. The molecule has 0 aromatic heterocycles. The van der Waals surface area contributed by atoms with Crippen molar-refractivity contribution in [3.8, 4) is 5.75 Å². The van der Waals surface area contributed by atoms with Crippen molar-refractivity contribution in [2.24, 2.45) is 0 Å². The summed E-state index contributed by atoms with van der Waals surface area (Å²) in [6.45, 7) is 6.02. The molecule has 1 aromatic carbocycles. The molecule has 1 unspecified atom stereocenters. The summed E-state index contributed by atoms with van der Waals surface area (Å²) in [5.41, 5.74) is 1.98. The average Bonchev–Trinajstić information content (AvgIpc) is 2.29. The van der Waals surface area contributed by atoms with E-state index in [1.54, 1.807) is 14.0 Å². The van der Waals surface area contributed by atoms with Gasteiger partial charge >= 0.3 is 5.97 Å². The number of methoxy groups -OCH3 is 1. The van der Waals surface area contributed by atoms with E-state index < -0.39 is 0 Å². The molecular weight excluding hydrogens is 204 g/mol. The van der Waals surface area contributed by atoms with Gasteiger partial charge in [-0.25, -0.2) is 0 Å². The molecule has 0 saturated carbocycles. The van der Waals surface area contributed by atoms with Crippen molar-refractivity contribution >= 4 is 5.97 Å². The summed E-state index contributed by atoms with van der Waals surface area (Å²) in [4.78, 5) is 11.6. The number of ether oxygens (including phenoxy) is 2. The van der Waals surface area contributed by atoms with E-state index in [1.165, 1.54) is 0 Å². The van der Waals surface area contributed by atoms with E-state index in [0.717, 1.165) is 16.9 Å². The highest BCUT2D eigenvalue weighted by atomic mass is 16.5. The largest absolute Gasteiger partial charge is 0.496 e. The number of hydrogen-bond acceptors (Lipinski definition) is 3. The first kappa shape index (κ1) is 12.6. The minimum Gasteiger partial charge on any atom is -0.496 e. The van der Waals surface area contributed by atoms with Gasteiger partial charge in [-0.15, -0.1) is 0 Å². The first-order valence-electron chi connectivity index (χ1n) is 5.41. The van der Waals surface area contributed by atoms with E-state index in [4.69, 9.17) is 9.47 Å². The second-order valence-corrected chi connectivity index (χ2v) is 3.70. The molecule has 0 spiro atoms. The molecule has 0 fully saturated rings. The third-order valence-corrected chi connectivity index (χ3v) is 2.57. The highest BCUT2D eigenvalue weighted by Crippen LogP contribution is 2.24. The minimum absolute atomic E-state index is 0.201. The van der Waals surface area contributed by atoms with Gasteiger partial charge in [0.25, 0.3) is 0 Å². The predicted molar refractivity (Wildman–Crippen MR) is 62.8 cm³/mol. The zero-order chi connectivity index (χ0) is 12.1.